The molecule has 0 aromatic heterocycles. The van der Waals surface area contributed by atoms with Crippen LogP contribution in [0.15, 0.2) is 23.1 Å². The van der Waals surface area contributed by atoms with E-state index in [0.717, 1.165) is 4.31 Å². The fraction of sp³-hybridized carbons (Fsp3) is 0.455. The van der Waals surface area contributed by atoms with Crippen LogP contribution in [0.3, 0.4) is 0 Å². The standard InChI is InChI=1S/C11H12F4N2O2S/c12-9-2-1-7(11(13,14)15)5-10(9)20(18,19)17-4-3-8(16)6-17/h1-2,5,8H,3-4,6,16H2/t8-/m0/s1. The number of nitrogens with zero attached hydrogens (tertiary/aromatic N) is 1. The molecule has 1 atom stereocenters. The van der Waals surface area contributed by atoms with Crippen molar-refractivity contribution in [3.63, 3.8) is 0 Å². The first-order valence-corrected chi connectivity index (χ1v) is 7.19. The Kier molecular flexibility index (Phi) is 3.78. The van der Waals surface area contributed by atoms with Crippen molar-refractivity contribution in [2.75, 3.05) is 13.1 Å². The summed E-state index contributed by atoms with van der Waals surface area (Å²) in [7, 11) is -4.31. The van der Waals surface area contributed by atoms with Gasteiger partial charge >= 0.3 is 6.18 Å². The Morgan fingerprint density at radius 2 is 1.95 bits per heavy atom. The van der Waals surface area contributed by atoms with Crippen molar-refractivity contribution in [2.24, 2.45) is 5.73 Å². The summed E-state index contributed by atoms with van der Waals surface area (Å²) >= 11 is 0. The fourth-order valence-corrected chi connectivity index (χ4v) is 3.59. The van der Waals surface area contributed by atoms with E-state index in [1.807, 2.05) is 0 Å². The minimum absolute atomic E-state index is 0.0297. The molecule has 1 aromatic rings. The molecule has 1 aromatic carbocycles. The van der Waals surface area contributed by atoms with E-state index >= 15 is 0 Å². The maximum Gasteiger partial charge on any atom is 0.416 e. The molecule has 0 spiro atoms. The van der Waals surface area contributed by atoms with Crippen LogP contribution in [-0.2, 0) is 16.2 Å². The van der Waals surface area contributed by atoms with Gasteiger partial charge in [0.2, 0.25) is 10.0 Å². The van der Waals surface area contributed by atoms with E-state index in [1.54, 1.807) is 0 Å². The average Bonchev–Trinajstić information content (AvgIpc) is 2.75. The van der Waals surface area contributed by atoms with Gasteiger partial charge in [0.15, 0.2) is 0 Å². The van der Waals surface area contributed by atoms with E-state index in [9.17, 15) is 26.0 Å². The van der Waals surface area contributed by atoms with Gasteiger partial charge in [-0.2, -0.15) is 17.5 Å². The van der Waals surface area contributed by atoms with Gasteiger partial charge in [-0.25, -0.2) is 12.8 Å². The minimum Gasteiger partial charge on any atom is -0.326 e. The van der Waals surface area contributed by atoms with Crippen molar-refractivity contribution in [3.8, 4) is 0 Å². The summed E-state index contributed by atoms with van der Waals surface area (Å²) in [6, 6.07) is 0.934. The van der Waals surface area contributed by atoms with Gasteiger partial charge in [0.1, 0.15) is 10.7 Å². The lowest BCUT2D eigenvalue weighted by molar-refractivity contribution is -0.137. The molecular formula is C11H12F4N2O2S. The topological polar surface area (TPSA) is 63.4 Å². The summed E-state index contributed by atoms with van der Waals surface area (Å²) in [5, 5.41) is 0. The zero-order valence-corrected chi connectivity index (χ0v) is 11.0. The number of rotatable bonds is 2. The lowest BCUT2D eigenvalue weighted by Gasteiger charge is -2.17. The SMILES string of the molecule is N[C@H]1CCN(S(=O)(=O)c2cc(C(F)(F)F)ccc2F)C1. The average molecular weight is 312 g/mol. The van der Waals surface area contributed by atoms with Crippen LogP contribution in [0.2, 0.25) is 0 Å². The number of hydrogen-bond donors (Lipinski definition) is 1. The molecule has 0 saturated carbocycles. The molecule has 1 heterocycles. The molecule has 2 N–H and O–H groups in total. The zero-order valence-electron chi connectivity index (χ0n) is 10.2. The second-order valence-corrected chi connectivity index (χ2v) is 6.46. The van der Waals surface area contributed by atoms with Crippen LogP contribution >= 0.6 is 0 Å². The van der Waals surface area contributed by atoms with Crippen molar-refractivity contribution in [2.45, 2.75) is 23.5 Å². The van der Waals surface area contributed by atoms with E-state index in [4.69, 9.17) is 5.73 Å². The zero-order chi connectivity index (χ0) is 15.1. The Morgan fingerprint density at radius 1 is 1.30 bits per heavy atom. The van der Waals surface area contributed by atoms with Crippen molar-refractivity contribution in [1.82, 2.24) is 4.31 Å². The molecule has 1 aliphatic rings. The van der Waals surface area contributed by atoms with E-state index in [0.29, 0.717) is 24.6 Å². The van der Waals surface area contributed by atoms with Crippen LogP contribution in [0.25, 0.3) is 0 Å². The smallest absolute Gasteiger partial charge is 0.326 e. The molecule has 1 saturated heterocycles. The van der Waals surface area contributed by atoms with Crippen LogP contribution in [0.4, 0.5) is 17.6 Å². The molecule has 20 heavy (non-hydrogen) atoms. The number of nitrogens with two attached hydrogens (primary N) is 1. The quantitative estimate of drug-likeness (QED) is 0.843. The van der Waals surface area contributed by atoms with Gasteiger partial charge in [0, 0.05) is 19.1 Å². The van der Waals surface area contributed by atoms with Crippen LogP contribution < -0.4 is 5.73 Å². The molecule has 1 aliphatic heterocycles. The fourth-order valence-electron chi connectivity index (χ4n) is 1.99. The second-order valence-electron chi connectivity index (χ2n) is 4.55. The van der Waals surface area contributed by atoms with E-state index in [-0.39, 0.29) is 13.1 Å². The first kappa shape index (κ1) is 15.2. The van der Waals surface area contributed by atoms with Gasteiger partial charge in [-0.1, -0.05) is 0 Å². The highest BCUT2D eigenvalue weighted by Gasteiger charge is 2.36. The molecule has 0 amide bonds. The lowest BCUT2D eigenvalue weighted by Crippen LogP contribution is -2.32. The van der Waals surface area contributed by atoms with Gasteiger partial charge in [-0.15, -0.1) is 0 Å². The van der Waals surface area contributed by atoms with E-state index in [2.05, 4.69) is 0 Å². The maximum atomic E-state index is 13.6. The Labute approximate surface area is 113 Å². The lowest BCUT2D eigenvalue weighted by atomic mass is 10.2. The molecule has 4 nitrogen and oxygen atoms in total. The van der Waals surface area contributed by atoms with Gasteiger partial charge in [0.05, 0.1) is 5.56 Å². The number of sulfonamides is 1. The summed E-state index contributed by atoms with van der Waals surface area (Å²) < 4.78 is 76.5. The molecule has 0 unspecified atom stereocenters. The minimum atomic E-state index is -4.74. The third-order valence-corrected chi connectivity index (χ3v) is 4.94. The largest absolute Gasteiger partial charge is 0.416 e. The monoisotopic (exact) mass is 312 g/mol. The van der Waals surface area contributed by atoms with E-state index < -0.39 is 38.5 Å². The van der Waals surface area contributed by atoms with Gasteiger partial charge in [-0.05, 0) is 24.6 Å². The van der Waals surface area contributed by atoms with Gasteiger partial charge in [-0.3, -0.25) is 0 Å². The molecule has 112 valence electrons. The molecule has 2 rings (SSSR count). The molecule has 1 fully saturated rings. The molecule has 9 heteroatoms. The van der Waals surface area contributed by atoms with Crippen LogP contribution in [-0.4, -0.2) is 31.9 Å². The Morgan fingerprint density at radius 3 is 2.45 bits per heavy atom. The van der Waals surface area contributed by atoms with Crippen molar-refractivity contribution in [3.05, 3.63) is 29.6 Å². The van der Waals surface area contributed by atoms with Crippen molar-refractivity contribution < 1.29 is 26.0 Å². The van der Waals surface area contributed by atoms with Crippen LogP contribution in [0.5, 0.6) is 0 Å². The molecular weight excluding hydrogens is 300 g/mol. The number of alkyl halides is 3. The Hall–Kier alpha value is -1.19. The van der Waals surface area contributed by atoms with E-state index in [1.165, 1.54) is 0 Å². The first-order valence-electron chi connectivity index (χ1n) is 5.75. The van der Waals surface area contributed by atoms with Crippen LogP contribution in [0.1, 0.15) is 12.0 Å². The highest BCUT2D eigenvalue weighted by atomic mass is 32.2. The highest BCUT2D eigenvalue weighted by molar-refractivity contribution is 7.89. The Bertz CT molecular complexity index is 615. The highest BCUT2D eigenvalue weighted by Crippen LogP contribution is 2.32. The number of benzene rings is 1. The predicted molar refractivity (Wildman–Crippen MR) is 62.8 cm³/mol. The number of halogens is 4. The molecule has 0 aliphatic carbocycles. The van der Waals surface area contributed by atoms with Gasteiger partial charge < -0.3 is 5.73 Å². The molecule has 0 bridgehead atoms. The summed E-state index contributed by atoms with van der Waals surface area (Å²) in [5.41, 5.74) is 4.35. The van der Waals surface area contributed by atoms with Gasteiger partial charge in [0.25, 0.3) is 0 Å². The van der Waals surface area contributed by atoms with Crippen molar-refractivity contribution in [1.29, 1.82) is 0 Å². The molecule has 0 radical (unpaired) electrons. The summed E-state index contributed by atoms with van der Waals surface area (Å²) in [5.74, 6) is -1.21. The predicted octanol–water partition coefficient (Wildman–Crippen LogP) is 1.57. The van der Waals surface area contributed by atoms with Crippen LogP contribution in [0, 0.1) is 5.82 Å². The summed E-state index contributed by atoms with van der Waals surface area (Å²) in [4.78, 5) is -0.971. The van der Waals surface area contributed by atoms with Crippen molar-refractivity contribution >= 4 is 10.0 Å². The normalized spacial score (nSPS) is 21.4. The third-order valence-electron chi connectivity index (χ3n) is 3.06. The number of hydrogen-bond acceptors (Lipinski definition) is 3. The summed E-state index contributed by atoms with van der Waals surface area (Å²) in [6.45, 7) is 0.0389. The third kappa shape index (κ3) is 2.79. The Balaban J connectivity index is 2.46. The first-order chi connectivity index (χ1) is 9.12. The second kappa shape index (κ2) is 4.97. The summed E-state index contributed by atoms with van der Waals surface area (Å²) in [6.07, 6.45) is -4.35. The maximum absolute atomic E-state index is 13.6.